The zero-order valence-electron chi connectivity index (χ0n) is 17.9. The number of carbonyl (C=O) groups excluding carboxylic acids is 2. The highest BCUT2D eigenvalue weighted by Gasteiger charge is 2.27. The summed E-state index contributed by atoms with van der Waals surface area (Å²) in [5.74, 6) is -1.53. The Morgan fingerprint density at radius 2 is 1.66 bits per heavy atom. The molecule has 8 nitrogen and oxygen atoms in total. The maximum Gasteiger partial charge on any atom is 0.326 e. The highest BCUT2D eigenvalue weighted by atomic mass is 127. The van der Waals surface area contributed by atoms with E-state index in [0.717, 1.165) is 3.57 Å². The molecule has 0 aliphatic carbocycles. The van der Waals surface area contributed by atoms with E-state index in [-0.39, 0.29) is 24.7 Å². The fourth-order valence-corrected chi connectivity index (χ4v) is 3.53. The number of phenols is 1. The Bertz CT molecular complexity index is 932. The molecular formula is C23H27IN2O6. The topological polar surface area (TPSA) is 125 Å². The predicted octanol–water partition coefficient (Wildman–Crippen LogP) is 2.72. The van der Waals surface area contributed by atoms with Crippen LogP contribution in [-0.4, -0.2) is 46.7 Å². The zero-order valence-corrected chi connectivity index (χ0v) is 20.0. The van der Waals surface area contributed by atoms with Gasteiger partial charge < -0.3 is 25.6 Å². The second-order valence-electron chi connectivity index (χ2n) is 7.74. The molecule has 32 heavy (non-hydrogen) atoms. The van der Waals surface area contributed by atoms with Gasteiger partial charge in [-0.25, -0.2) is 4.79 Å². The van der Waals surface area contributed by atoms with E-state index < -0.39 is 29.9 Å². The number of hydrogen-bond acceptors (Lipinski definition) is 5. The minimum absolute atomic E-state index is 0.0409. The first-order chi connectivity index (χ1) is 15.2. The van der Waals surface area contributed by atoms with E-state index in [9.17, 15) is 24.6 Å². The molecule has 0 saturated carbocycles. The lowest BCUT2D eigenvalue weighted by molar-refractivity contribution is -0.142. The normalized spacial score (nSPS) is 12.6. The average molecular weight is 554 g/mol. The first kappa shape index (κ1) is 25.4. The maximum atomic E-state index is 12.8. The lowest BCUT2D eigenvalue weighted by Crippen LogP contribution is -2.53. The molecule has 0 bridgehead atoms. The number of aromatic hydroxyl groups is 1. The molecular weight excluding hydrogens is 527 g/mol. The van der Waals surface area contributed by atoms with Gasteiger partial charge in [-0.15, -0.1) is 0 Å². The van der Waals surface area contributed by atoms with Crippen molar-refractivity contribution in [1.82, 2.24) is 10.6 Å². The minimum atomic E-state index is -1.19. The smallest absolute Gasteiger partial charge is 0.326 e. The average Bonchev–Trinajstić information content (AvgIpc) is 2.73. The second-order valence-corrected chi connectivity index (χ2v) is 8.90. The number of carboxylic acids is 1. The third kappa shape index (κ3) is 8.37. The number of rotatable bonds is 11. The number of aliphatic carboxylic acids is 1. The van der Waals surface area contributed by atoms with Crippen LogP contribution in [0.25, 0.3) is 0 Å². The van der Waals surface area contributed by atoms with Gasteiger partial charge in [0.2, 0.25) is 5.91 Å². The summed E-state index contributed by atoms with van der Waals surface area (Å²) in [6.07, 6.45) is 0.380. The number of carbonyl (C=O) groups is 3. The van der Waals surface area contributed by atoms with Gasteiger partial charge in [0.05, 0.1) is 3.57 Å². The summed E-state index contributed by atoms with van der Waals surface area (Å²) in [6.45, 7) is 3.54. The molecule has 2 aromatic carbocycles. The van der Waals surface area contributed by atoms with Gasteiger partial charge in [-0.3, -0.25) is 9.59 Å². The molecule has 0 saturated heterocycles. The van der Waals surface area contributed by atoms with Crippen LogP contribution >= 0.6 is 22.6 Å². The van der Waals surface area contributed by atoms with Crippen LogP contribution in [0.3, 0.4) is 0 Å². The van der Waals surface area contributed by atoms with Crippen molar-refractivity contribution in [3.05, 3.63) is 57.7 Å². The van der Waals surface area contributed by atoms with Gasteiger partial charge >= 0.3 is 5.97 Å². The number of phenolic OH excluding ortho intramolecular Hbond substituents is 1. The van der Waals surface area contributed by atoms with E-state index in [0.29, 0.717) is 17.7 Å². The summed E-state index contributed by atoms with van der Waals surface area (Å²) in [5, 5.41) is 24.1. The number of para-hydroxylation sites is 1. The second kappa shape index (κ2) is 12.3. The number of ether oxygens (including phenoxy) is 1. The van der Waals surface area contributed by atoms with Gasteiger partial charge in [0.1, 0.15) is 23.6 Å². The Balaban J connectivity index is 2.01. The van der Waals surface area contributed by atoms with E-state index in [4.69, 9.17) is 4.74 Å². The first-order valence-electron chi connectivity index (χ1n) is 10.1. The fourth-order valence-electron chi connectivity index (χ4n) is 2.98. The molecule has 2 rings (SSSR count). The monoisotopic (exact) mass is 554 g/mol. The largest absolute Gasteiger partial charge is 0.508 e. The summed E-state index contributed by atoms with van der Waals surface area (Å²) >= 11 is 2.10. The van der Waals surface area contributed by atoms with Crippen LogP contribution in [-0.2, 0) is 20.8 Å². The van der Waals surface area contributed by atoms with Gasteiger partial charge in [0.25, 0.3) is 5.91 Å². The molecule has 0 heterocycles. The molecule has 0 aliphatic rings. The summed E-state index contributed by atoms with van der Waals surface area (Å²) in [5.41, 5.74) is 0.644. The number of hydrogen-bond donors (Lipinski definition) is 4. The quantitative estimate of drug-likeness (QED) is 0.317. The van der Waals surface area contributed by atoms with Crippen molar-refractivity contribution in [2.75, 3.05) is 6.61 Å². The van der Waals surface area contributed by atoms with Crippen LogP contribution < -0.4 is 15.4 Å². The maximum absolute atomic E-state index is 12.8. The highest BCUT2D eigenvalue weighted by molar-refractivity contribution is 14.1. The van der Waals surface area contributed by atoms with E-state index in [1.807, 2.05) is 26.0 Å². The minimum Gasteiger partial charge on any atom is -0.508 e. The molecule has 4 N–H and O–H groups in total. The van der Waals surface area contributed by atoms with E-state index >= 15 is 0 Å². The standard InChI is InChI=1S/C23H27IN2O6/c1-14(2)11-18(25-21(28)13-32-20-6-4-3-5-17(20)24)22(29)26-19(23(30)31)12-15-7-9-16(27)10-8-15/h3-10,14,18-19,27H,11-13H2,1-2H3,(H,25,28)(H,26,29)(H,30,31)/t18-,19-/m0/s1. The number of amides is 2. The summed E-state index contributed by atoms with van der Waals surface area (Å²) in [7, 11) is 0. The van der Waals surface area contributed by atoms with Crippen LogP contribution in [0, 0.1) is 9.49 Å². The van der Waals surface area contributed by atoms with E-state index in [1.54, 1.807) is 24.3 Å². The highest BCUT2D eigenvalue weighted by Crippen LogP contribution is 2.19. The van der Waals surface area contributed by atoms with Gasteiger partial charge in [-0.05, 0) is 64.8 Å². The number of carboxylic acid groups (broad SMARTS) is 1. The van der Waals surface area contributed by atoms with Gasteiger partial charge in [-0.2, -0.15) is 0 Å². The molecule has 172 valence electrons. The van der Waals surface area contributed by atoms with Crippen molar-refractivity contribution in [1.29, 1.82) is 0 Å². The third-order valence-electron chi connectivity index (χ3n) is 4.54. The summed E-state index contributed by atoms with van der Waals surface area (Å²) in [4.78, 5) is 36.9. The molecule has 0 aliphatic heterocycles. The summed E-state index contributed by atoms with van der Waals surface area (Å²) in [6, 6.07) is 11.2. The Kier molecular flexibility index (Phi) is 9.76. The Morgan fingerprint density at radius 3 is 2.25 bits per heavy atom. The van der Waals surface area contributed by atoms with Gasteiger partial charge in [0.15, 0.2) is 6.61 Å². The third-order valence-corrected chi connectivity index (χ3v) is 5.44. The first-order valence-corrected chi connectivity index (χ1v) is 11.2. The van der Waals surface area contributed by atoms with Crippen molar-refractivity contribution in [3.63, 3.8) is 0 Å². The predicted molar refractivity (Wildman–Crippen MR) is 127 cm³/mol. The van der Waals surface area contributed by atoms with Crippen LogP contribution in [0.1, 0.15) is 25.8 Å². The lowest BCUT2D eigenvalue weighted by atomic mass is 10.0. The van der Waals surface area contributed by atoms with Crippen molar-refractivity contribution < 1.29 is 29.3 Å². The Morgan fingerprint density at radius 1 is 1.00 bits per heavy atom. The molecule has 0 fully saturated rings. The number of nitrogens with one attached hydrogen (secondary N) is 2. The van der Waals surface area contributed by atoms with Gasteiger partial charge in [-0.1, -0.05) is 38.1 Å². The molecule has 2 aromatic rings. The van der Waals surface area contributed by atoms with Crippen LogP contribution in [0.5, 0.6) is 11.5 Å². The van der Waals surface area contributed by atoms with E-state index in [2.05, 4.69) is 33.2 Å². The van der Waals surface area contributed by atoms with Crippen molar-refractivity contribution in [3.8, 4) is 11.5 Å². The molecule has 0 aromatic heterocycles. The Hall–Kier alpha value is -2.82. The summed E-state index contributed by atoms with van der Waals surface area (Å²) < 4.78 is 6.38. The van der Waals surface area contributed by atoms with Crippen molar-refractivity contribution in [2.45, 2.75) is 38.8 Å². The number of benzene rings is 2. The molecule has 9 heteroatoms. The molecule has 2 atom stereocenters. The van der Waals surface area contributed by atoms with Gasteiger partial charge in [0, 0.05) is 6.42 Å². The fraction of sp³-hybridized carbons (Fsp3) is 0.348. The number of halogens is 1. The molecule has 0 radical (unpaired) electrons. The zero-order chi connectivity index (χ0) is 23.7. The molecule has 0 unspecified atom stereocenters. The van der Waals surface area contributed by atoms with Crippen molar-refractivity contribution in [2.24, 2.45) is 5.92 Å². The van der Waals surface area contributed by atoms with Crippen LogP contribution in [0.4, 0.5) is 0 Å². The van der Waals surface area contributed by atoms with E-state index in [1.165, 1.54) is 12.1 Å². The Labute approximate surface area is 200 Å². The van der Waals surface area contributed by atoms with Crippen LogP contribution in [0.2, 0.25) is 0 Å². The molecule has 2 amide bonds. The van der Waals surface area contributed by atoms with Crippen LogP contribution in [0.15, 0.2) is 48.5 Å². The lowest BCUT2D eigenvalue weighted by Gasteiger charge is -2.23. The molecule has 0 spiro atoms. The van der Waals surface area contributed by atoms with Crippen molar-refractivity contribution >= 4 is 40.4 Å². The SMILES string of the molecule is CC(C)C[C@H](NC(=O)COc1ccccc1I)C(=O)N[C@@H](Cc1ccc(O)cc1)C(=O)O.